The van der Waals surface area contributed by atoms with Crippen LogP contribution in [0.1, 0.15) is 41.5 Å². The van der Waals surface area contributed by atoms with E-state index >= 15 is 0 Å². The number of hydrogen-bond donors (Lipinski definition) is 0. The van der Waals surface area contributed by atoms with Gasteiger partial charge in [-0.15, -0.1) is 0 Å². The number of hydrogen-bond acceptors (Lipinski definition) is 3. The SMILES string of the molecule is C1=CC2CC(=C1)C1=CCCC=C1c1ccc(cc1)C1=CC(c3ccccc3)=NC(=NC1)c1cccc(c1)-c1cccc(c1)N2c1ccccc1. The molecule has 0 saturated heterocycles. The highest BCUT2D eigenvalue weighted by atomic mass is 15.2. The topological polar surface area (TPSA) is 28.0 Å². The van der Waals surface area contributed by atoms with Crippen LogP contribution >= 0.6 is 0 Å². The molecule has 0 saturated carbocycles. The molecule has 0 spiro atoms. The predicted molar refractivity (Wildman–Crippen MR) is 210 cm³/mol. The fraction of sp³-hybridized carbons (Fsp3) is 0.106. The number of amidine groups is 1. The van der Waals surface area contributed by atoms with Gasteiger partial charge in [0.15, 0.2) is 5.84 Å². The maximum atomic E-state index is 5.22. The Morgan fingerprint density at radius 2 is 1.20 bits per heavy atom. The van der Waals surface area contributed by atoms with Gasteiger partial charge in [-0.1, -0.05) is 134 Å². The molecule has 0 fully saturated rings. The summed E-state index contributed by atoms with van der Waals surface area (Å²) in [6.45, 7) is 0.550. The minimum Gasteiger partial charge on any atom is -0.334 e. The van der Waals surface area contributed by atoms with Crippen LogP contribution in [0.3, 0.4) is 0 Å². The van der Waals surface area contributed by atoms with Crippen LogP contribution in [-0.4, -0.2) is 24.1 Å². The second-order valence-electron chi connectivity index (χ2n) is 13.2. The third-order valence-electron chi connectivity index (χ3n) is 10.1. The highest BCUT2D eigenvalue weighted by Crippen LogP contribution is 2.40. The van der Waals surface area contributed by atoms with Crippen molar-refractivity contribution in [3.8, 4) is 11.1 Å². The second kappa shape index (κ2) is 13.1. The van der Waals surface area contributed by atoms with E-state index in [1.807, 2.05) is 0 Å². The molecule has 5 aromatic rings. The van der Waals surface area contributed by atoms with Crippen LogP contribution in [0.2, 0.25) is 0 Å². The molecule has 10 bridgehead atoms. The third kappa shape index (κ3) is 5.82. The third-order valence-corrected chi connectivity index (χ3v) is 10.1. The van der Waals surface area contributed by atoms with Gasteiger partial charge in [0.2, 0.25) is 0 Å². The van der Waals surface area contributed by atoms with Gasteiger partial charge in [-0.2, -0.15) is 0 Å². The monoisotopic (exact) mass is 643 g/mol. The molecule has 1 atom stereocenters. The van der Waals surface area contributed by atoms with Crippen molar-refractivity contribution >= 4 is 34.1 Å². The molecule has 50 heavy (non-hydrogen) atoms. The van der Waals surface area contributed by atoms with Crippen molar-refractivity contribution in [2.75, 3.05) is 11.4 Å². The zero-order chi connectivity index (χ0) is 33.3. The van der Waals surface area contributed by atoms with Crippen LogP contribution < -0.4 is 4.90 Å². The van der Waals surface area contributed by atoms with Crippen molar-refractivity contribution in [1.82, 2.24) is 0 Å². The molecule has 240 valence electrons. The van der Waals surface area contributed by atoms with Crippen molar-refractivity contribution in [3.63, 3.8) is 0 Å². The number of allylic oxidation sites excluding steroid dienone is 7. The van der Waals surface area contributed by atoms with Gasteiger partial charge in [0.1, 0.15) is 0 Å². The van der Waals surface area contributed by atoms with Crippen LogP contribution in [0, 0.1) is 0 Å². The summed E-state index contributed by atoms with van der Waals surface area (Å²) in [7, 11) is 0. The van der Waals surface area contributed by atoms with Crippen LogP contribution in [-0.2, 0) is 0 Å². The van der Waals surface area contributed by atoms with E-state index in [4.69, 9.17) is 9.98 Å². The molecule has 5 aliphatic rings. The van der Waals surface area contributed by atoms with Crippen LogP contribution in [0.15, 0.2) is 191 Å². The first kappa shape index (κ1) is 30.0. The van der Waals surface area contributed by atoms with Crippen molar-refractivity contribution < 1.29 is 0 Å². The number of aliphatic imine (C=N–C) groups is 2. The number of rotatable bonds is 2. The Hall–Kier alpha value is -6.06. The molecule has 1 unspecified atom stereocenters. The molecule has 3 nitrogen and oxygen atoms in total. The Morgan fingerprint density at radius 1 is 0.540 bits per heavy atom. The van der Waals surface area contributed by atoms with E-state index in [2.05, 4.69) is 175 Å². The lowest BCUT2D eigenvalue weighted by atomic mass is 9.82. The van der Waals surface area contributed by atoms with Gasteiger partial charge in [0.25, 0.3) is 0 Å². The van der Waals surface area contributed by atoms with Gasteiger partial charge < -0.3 is 4.90 Å². The lowest BCUT2D eigenvalue weighted by Gasteiger charge is -2.35. The van der Waals surface area contributed by atoms with E-state index in [-0.39, 0.29) is 6.04 Å². The highest BCUT2D eigenvalue weighted by molar-refractivity contribution is 6.20. The van der Waals surface area contributed by atoms with Crippen molar-refractivity contribution in [1.29, 1.82) is 0 Å². The molecule has 0 aromatic heterocycles. The smallest absolute Gasteiger partial charge is 0.155 e. The minimum absolute atomic E-state index is 0.155. The van der Waals surface area contributed by atoms with Crippen molar-refractivity contribution in [2.24, 2.45) is 9.98 Å². The summed E-state index contributed by atoms with van der Waals surface area (Å²) in [6.07, 6.45) is 17.1. The van der Waals surface area contributed by atoms with Gasteiger partial charge >= 0.3 is 0 Å². The van der Waals surface area contributed by atoms with E-state index in [1.54, 1.807) is 0 Å². The molecular weight excluding hydrogens is 607 g/mol. The average molecular weight is 644 g/mol. The molecule has 0 radical (unpaired) electrons. The molecule has 5 aromatic carbocycles. The number of fused-ring (bicyclic) bond motifs is 2. The van der Waals surface area contributed by atoms with Gasteiger partial charge in [0.05, 0.1) is 18.3 Å². The van der Waals surface area contributed by atoms with E-state index < -0.39 is 0 Å². The molecule has 3 heteroatoms. The number of nitrogens with zero attached hydrogens (tertiary/aromatic N) is 3. The molecule has 0 amide bonds. The molecule has 3 aliphatic heterocycles. The molecular formula is C47H37N3. The molecule has 3 heterocycles. The molecule has 2 aliphatic carbocycles. The lowest BCUT2D eigenvalue weighted by molar-refractivity contribution is 0.762. The van der Waals surface area contributed by atoms with Gasteiger partial charge in [0, 0.05) is 22.5 Å². The first-order valence-electron chi connectivity index (χ1n) is 17.6. The highest BCUT2D eigenvalue weighted by Gasteiger charge is 2.26. The van der Waals surface area contributed by atoms with Gasteiger partial charge in [-0.05, 0) is 100 Å². The average Bonchev–Trinajstić information content (AvgIpc) is 3.43. The summed E-state index contributed by atoms with van der Waals surface area (Å²) in [5.74, 6) is 0.749. The first-order valence-corrected chi connectivity index (χ1v) is 17.6. The summed E-state index contributed by atoms with van der Waals surface area (Å²) in [5, 5.41) is 0. The van der Waals surface area contributed by atoms with Crippen molar-refractivity contribution in [2.45, 2.75) is 25.3 Å². The van der Waals surface area contributed by atoms with Gasteiger partial charge in [-0.25, -0.2) is 4.99 Å². The quantitative estimate of drug-likeness (QED) is 0.188. The van der Waals surface area contributed by atoms with E-state index in [1.165, 1.54) is 39.2 Å². The summed E-state index contributed by atoms with van der Waals surface area (Å²) < 4.78 is 0. The Labute approximate surface area is 294 Å². The summed E-state index contributed by atoms with van der Waals surface area (Å²) >= 11 is 0. The Bertz CT molecular complexity index is 2300. The fourth-order valence-corrected chi connectivity index (χ4v) is 7.59. The van der Waals surface area contributed by atoms with E-state index in [0.29, 0.717) is 6.54 Å². The number of benzene rings is 5. The fourth-order valence-electron chi connectivity index (χ4n) is 7.59. The Kier molecular flexibility index (Phi) is 7.87. The normalized spacial score (nSPS) is 18.1. The first-order chi connectivity index (χ1) is 24.8. The largest absolute Gasteiger partial charge is 0.334 e. The Morgan fingerprint density at radius 3 is 2.02 bits per heavy atom. The van der Waals surface area contributed by atoms with Gasteiger partial charge in [-0.3, -0.25) is 4.99 Å². The molecule has 0 N–H and O–H groups in total. The van der Waals surface area contributed by atoms with Crippen LogP contribution in [0.25, 0.3) is 22.3 Å². The summed E-state index contributed by atoms with van der Waals surface area (Å²) in [5.41, 5.74) is 15.3. The molecule has 10 rings (SSSR count). The maximum Gasteiger partial charge on any atom is 0.155 e. The standard InChI is InChI=1S/C47H37N3/c1-3-12-35(13-4-1)46-31-40-32-48-47(49-46)39-17-9-14-36(28-39)37-15-10-20-42(29-37)50(41-18-5-2-6-19-41)43-21-11-16-38(30-43)45-23-8-7-22-44(45)34-26-24-33(40)25-27-34/h1-6,9-29,31,43H,7-8,30,32H2. The lowest BCUT2D eigenvalue weighted by Crippen LogP contribution is -2.31. The summed E-state index contributed by atoms with van der Waals surface area (Å²) in [6, 6.07) is 48.2. The van der Waals surface area contributed by atoms with E-state index in [0.717, 1.165) is 58.6 Å². The predicted octanol–water partition coefficient (Wildman–Crippen LogP) is 11.2. The van der Waals surface area contributed by atoms with Crippen molar-refractivity contribution in [3.05, 3.63) is 203 Å². The zero-order valence-corrected chi connectivity index (χ0v) is 27.9. The maximum absolute atomic E-state index is 5.22. The van der Waals surface area contributed by atoms with Crippen LogP contribution in [0.5, 0.6) is 0 Å². The number of para-hydroxylation sites is 1. The minimum atomic E-state index is 0.155. The zero-order valence-electron chi connectivity index (χ0n) is 27.9. The summed E-state index contributed by atoms with van der Waals surface area (Å²) in [4.78, 5) is 12.9. The van der Waals surface area contributed by atoms with Crippen LogP contribution in [0.4, 0.5) is 11.4 Å². The van der Waals surface area contributed by atoms with E-state index in [9.17, 15) is 0 Å². The Balaban J connectivity index is 1.24. The second-order valence-corrected chi connectivity index (χ2v) is 13.2. The number of anilines is 2.